The Kier molecular flexibility index (Phi) is 2.98. The fourth-order valence-electron chi connectivity index (χ4n) is 2.19. The van der Waals surface area contributed by atoms with Crippen molar-refractivity contribution in [2.45, 2.75) is 6.42 Å². The number of rotatable bonds is 2. The number of hydrogen-bond donors (Lipinski definition) is 2. The lowest BCUT2D eigenvalue weighted by Crippen LogP contribution is -2.41. The van der Waals surface area contributed by atoms with Crippen molar-refractivity contribution in [3.05, 3.63) is 30.1 Å². The Balaban J connectivity index is 1.73. The van der Waals surface area contributed by atoms with Crippen molar-refractivity contribution in [2.75, 3.05) is 26.3 Å². The van der Waals surface area contributed by atoms with Crippen LogP contribution in [0.25, 0.3) is 11.0 Å². The Bertz CT molecular complexity index is 524. The van der Waals surface area contributed by atoms with E-state index in [0.717, 1.165) is 29.9 Å². The van der Waals surface area contributed by atoms with Crippen molar-refractivity contribution >= 4 is 16.9 Å². The highest BCUT2D eigenvalue weighted by atomic mass is 16.5. The van der Waals surface area contributed by atoms with E-state index in [4.69, 9.17) is 10.1 Å². The van der Waals surface area contributed by atoms with E-state index in [2.05, 4.69) is 14.9 Å². The van der Waals surface area contributed by atoms with Gasteiger partial charge >= 0.3 is 0 Å². The molecule has 1 aliphatic rings. The largest absolute Gasteiger partial charge is 0.378 e. The number of nitrogens with zero attached hydrogens (tertiary/aromatic N) is 2. The average molecular weight is 244 g/mol. The number of morpholine rings is 1. The lowest BCUT2D eigenvalue weighted by molar-refractivity contribution is 0.0670. The zero-order valence-corrected chi connectivity index (χ0v) is 10.1. The van der Waals surface area contributed by atoms with Crippen LogP contribution in [0.5, 0.6) is 0 Å². The van der Waals surface area contributed by atoms with Gasteiger partial charge in [-0.2, -0.15) is 0 Å². The van der Waals surface area contributed by atoms with E-state index < -0.39 is 0 Å². The number of imidazole rings is 1. The Labute approximate surface area is 105 Å². The van der Waals surface area contributed by atoms with Crippen LogP contribution in [-0.2, 0) is 11.2 Å². The molecule has 0 amide bonds. The van der Waals surface area contributed by atoms with E-state index >= 15 is 0 Å². The molecule has 1 aromatic heterocycles. The predicted molar refractivity (Wildman–Crippen MR) is 69.9 cm³/mol. The van der Waals surface area contributed by atoms with Gasteiger partial charge < -0.3 is 14.6 Å². The van der Waals surface area contributed by atoms with Crippen molar-refractivity contribution in [3.8, 4) is 0 Å². The molecule has 0 aliphatic carbocycles. The molecule has 1 fully saturated rings. The molecule has 5 nitrogen and oxygen atoms in total. The molecule has 0 unspecified atom stereocenters. The lowest BCUT2D eigenvalue weighted by Gasteiger charge is -2.28. The molecule has 2 heterocycles. The molecule has 5 heteroatoms. The topological polar surface area (TPSA) is 65.0 Å². The van der Waals surface area contributed by atoms with Gasteiger partial charge in [-0.05, 0) is 12.1 Å². The van der Waals surface area contributed by atoms with Crippen LogP contribution >= 0.6 is 0 Å². The molecule has 2 N–H and O–H groups in total. The second-order valence-electron chi connectivity index (χ2n) is 4.42. The third kappa shape index (κ3) is 2.22. The summed E-state index contributed by atoms with van der Waals surface area (Å²) in [6, 6.07) is 7.94. The molecule has 1 aromatic carbocycles. The Morgan fingerprint density at radius 3 is 2.89 bits per heavy atom. The van der Waals surface area contributed by atoms with E-state index in [9.17, 15) is 0 Å². The van der Waals surface area contributed by atoms with Gasteiger partial charge in [0.2, 0.25) is 0 Å². The lowest BCUT2D eigenvalue weighted by atomic mass is 10.3. The number of aromatic amines is 1. The van der Waals surface area contributed by atoms with Crippen LogP contribution in [0.2, 0.25) is 0 Å². The minimum absolute atomic E-state index is 0.550. The molecule has 0 bridgehead atoms. The number of amidine groups is 1. The number of ether oxygens (including phenoxy) is 1. The van der Waals surface area contributed by atoms with Gasteiger partial charge in [0.05, 0.1) is 30.7 Å². The number of H-pyrrole nitrogens is 1. The van der Waals surface area contributed by atoms with Crippen molar-refractivity contribution in [3.63, 3.8) is 0 Å². The smallest absolute Gasteiger partial charge is 0.114 e. The van der Waals surface area contributed by atoms with Gasteiger partial charge in [-0.25, -0.2) is 4.98 Å². The summed E-state index contributed by atoms with van der Waals surface area (Å²) in [6.45, 7) is 3.03. The van der Waals surface area contributed by atoms with Crippen molar-refractivity contribution in [2.24, 2.45) is 0 Å². The van der Waals surface area contributed by atoms with Gasteiger partial charge in [-0.1, -0.05) is 12.1 Å². The van der Waals surface area contributed by atoms with Crippen molar-refractivity contribution < 1.29 is 4.74 Å². The van der Waals surface area contributed by atoms with Gasteiger partial charge in [0.15, 0.2) is 0 Å². The molecule has 0 saturated carbocycles. The summed E-state index contributed by atoms with van der Waals surface area (Å²) in [4.78, 5) is 9.80. The third-order valence-electron chi connectivity index (χ3n) is 3.17. The van der Waals surface area contributed by atoms with Gasteiger partial charge in [-0.15, -0.1) is 0 Å². The number of hydrogen-bond acceptors (Lipinski definition) is 3. The minimum Gasteiger partial charge on any atom is -0.378 e. The first-order chi connectivity index (χ1) is 8.83. The number of nitrogens with one attached hydrogen (secondary N) is 2. The van der Waals surface area contributed by atoms with Crippen molar-refractivity contribution in [1.29, 1.82) is 5.41 Å². The zero-order chi connectivity index (χ0) is 12.4. The summed E-state index contributed by atoms with van der Waals surface area (Å²) in [5.41, 5.74) is 1.99. The summed E-state index contributed by atoms with van der Waals surface area (Å²) in [6.07, 6.45) is 0.550. The number of para-hydroxylation sites is 2. The first-order valence-corrected chi connectivity index (χ1v) is 6.17. The molecule has 94 valence electrons. The summed E-state index contributed by atoms with van der Waals surface area (Å²) in [5, 5.41) is 8.10. The first kappa shape index (κ1) is 11.2. The molecule has 1 saturated heterocycles. The molecule has 2 aromatic rings. The fourth-order valence-corrected chi connectivity index (χ4v) is 2.19. The number of benzene rings is 1. The molecule has 1 aliphatic heterocycles. The average Bonchev–Trinajstić information content (AvgIpc) is 2.82. The maximum absolute atomic E-state index is 8.10. The van der Waals surface area contributed by atoms with E-state index in [0.29, 0.717) is 25.5 Å². The van der Waals surface area contributed by atoms with Gasteiger partial charge in [-0.3, -0.25) is 5.41 Å². The standard InChI is InChI=1S/C13H16N4O/c14-12(17-5-7-18-8-6-17)9-13-15-10-3-1-2-4-11(10)16-13/h1-4,14H,5-9H2,(H,15,16). The van der Waals surface area contributed by atoms with Gasteiger partial charge in [0, 0.05) is 13.1 Å². The number of aromatic nitrogens is 2. The molecule has 0 spiro atoms. The summed E-state index contributed by atoms with van der Waals surface area (Å²) in [5.74, 6) is 1.46. The highest BCUT2D eigenvalue weighted by molar-refractivity contribution is 5.82. The summed E-state index contributed by atoms with van der Waals surface area (Å²) >= 11 is 0. The van der Waals surface area contributed by atoms with Crippen LogP contribution in [-0.4, -0.2) is 47.0 Å². The highest BCUT2D eigenvalue weighted by Crippen LogP contribution is 2.11. The molecular formula is C13H16N4O. The summed E-state index contributed by atoms with van der Waals surface area (Å²) < 4.78 is 5.29. The second-order valence-corrected chi connectivity index (χ2v) is 4.42. The Morgan fingerprint density at radius 1 is 1.33 bits per heavy atom. The van der Waals surface area contributed by atoms with Gasteiger partial charge in [0.25, 0.3) is 0 Å². The minimum atomic E-state index is 0.550. The predicted octanol–water partition coefficient (Wildman–Crippen LogP) is 1.41. The fraction of sp³-hybridized carbons (Fsp3) is 0.385. The molecule has 18 heavy (non-hydrogen) atoms. The van der Waals surface area contributed by atoms with E-state index in [1.807, 2.05) is 24.3 Å². The summed E-state index contributed by atoms with van der Waals surface area (Å²) in [7, 11) is 0. The molecule has 0 atom stereocenters. The van der Waals surface area contributed by atoms with Gasteiger partial charge in [0.1, 0.15) is 11.7 Å². The third-order valence-corrected chi connectivity index (χ3v) is 3.17. The quantitative estimate of drug-likeness (QED) is 0.620. The van der Waals surface area contributed by atoms with Crippen LogP contribution in [0, 0.1) is 5.41 Å². The van der Waals surface area contributed by atoms with Crippen LogP contribution in [0.15, 0.2) is 24.3 Å². The molecule has 0 radical (unpaired) electrons. The Hall–Kier alpha value is -1.88. The molecule has 3 rings (SSSR count). The molecular weight excluding hydrogens is 228 g/mol. The maximum Gasteiger partial charge on any atom is 0.114 e. The van der Waals surface area contributed by atoms with E-state index in [-0.39, 0.29) is 0 Å². The highest BCUT2D eigenvalue weighted by Gasteiger charge is 2.15. The Morgan fingerprint density at radius 2 is 2.11 bits per heavy atom. The second kappa shape index (κ2) is 4.78. The first-order valence-electron chi connectivity index (χ1n) is 6.17. The van der Waals surface area contributed by atoms with Crippen LogP contribution in [0.1, 0.15) is 5.82 Å². The van der Waals surface area contributed by atoms with Crippen molar-refractivity contribution in [1.82, 2.24) is 14.9 Å². The van der Waals surface area contributed by atoms with E-state index in [1.54, 1.807) is 0 Å². The van der Waals surface area contributed by atoms with Crippen LogP contribution < -0.4 is 0 Å². The number of fused-ring (bicyclic) bond motifs is 1. The van der Waals surface area contributed by atoms with Crippen LogP contribution in [0.3, 0.4) is 0 Å². The monoisotopic (exact) mass is 244 g/mol. The van der Waals surface area contributed by atoms with E-state index in [1.165, 1.54) is 0 Å². The SMILES string of the molecule is N=C(Cc1nc2ccccc2[nH]1)N1CCOCC1. The zero-order valence-electron chi connectivity index (χ0n) is 10.1. The van der Waals surface area contributed by atoms with Crippen LogP contribution in [0.4, 0.5) is 0 Å². The maximum atomic E-state index is 8.10. The normalized spacial score (nSPS) is 16.1.